The van der Waals surface area contributed by atoms with Gasteiger partial charge in [-0.3, -0.25) is 9.69 Å². The standard InChI is InChI=1S/C24H30N2O3/c1-3-29-22-10-6-18(7-11-22)15-25-14-4-5-20-16-26(17-23(20)25)24(27)19-8-12-21(28-2)13-9-19/h6-13,20,23H,3-5,14-17H2,1-2H3/t20-,23+/m1/s1. The molecule has 29 heavy (non-hydrogen) atoms. The number of carbonyl (C=O) groups is 1. The van der Waals surface area contributed by atoms with Crippen LogP contribution in [0.4, 0.5) is 0 Å². The minimum atomic E-state index is 0.128. The second-order valence-electron chi connectivity index (χ2n) is 7.96. The van der Waals surface area contributed by atoms with Gasteiger partial charge < -0.3 is 14.4 Å². The zero-order valence-corrected chi connectivity index (χ0v) is 17.3. The van der Waals surface area contributed by atoms with Crippen LogP contribution < -0.4 is 9.47 Å². The van der Waals surface area contributed by atoms with Crippen molar-refractivity contribution in [1.82, 2.24) is 9.80 Å². The number of benzene rings is 2. The fourth-order valence-corrected chi connectivity index (χ4v) is 4.64. The van der Waals surface area contributed by atoms with Crippen molar-refractivity contribution in [3.05, 3.63) is 59.7 Å². The van der Waals surface area contributed by atoms with E-state index in [1.165, 1.54) is 18.4 Å². The molecular weight excluding hydrogens is 364 g/mol. The molecule has 2 aliphatic heterocycles. The summed E-state index contributed by atoms with van der Waals surface area (Å²) in [6, 6.07) is 16.3. The second kappa shape index (κ2) is 8.87. The Labute approximate surface area is 173 Å². The maximum atomic E-state index is 13.0. The predicted octanol–water partition coefficient (Wildman–Crippen LogP) is 3.83. The van der Waals surface area contributed by atoms with Gasteiger partial charge in [0.1, 0.15) is 11.5 Å². The number of ether oxygens (including phenoxy) is 2. The Morgan fingerprint density at radius 1 is 1.03 bits per heavy atom. The lowest BCUT2D eigenvalue weighted by atomic mass is 9.91. The zero-order valence-electron chi connectivity index (χ0n) is 17.3. The first-order chi connectivity index (χ1) is 14.2. The van der Waals surface area contributed by atoms with E-state index in [4.69, 9.17) is 9.47 Å². The van der Waals surface area contributed by atoms with Gasteiger partial charge in [0.2, 0.25) is 0 Å². The van der Waals surface area contributed by atoms with E-state index >= 15 is 0 Å². The predicted molar refractivity (Wildman–Crippen MR) is 113 cm³/mol. The van der Waals surface area contributed by atoms with Gasteiger partial charge in [0.15, 0.2) is 0 Å². The van der Waals surface area contributed by atoms with E-state index in [1.807, 2.05) is 36.1 Å². The van der Waals surface area contributed by atoms with Gasteiger partial charge in [0, 0.05) is 31.2 Å². The molecule has 1 amide bonds. The number of carbonyl (C=O) groups excluding carboxylic acids is 1. The molecule has 154 valence electrons. The number of likely N-dealkylation sites (tertiary alicyclic amines) is 2. The van der Waals surface area contributed by atoms with Crippen molar-refractivity contribution < 1.29 is 14.3 Å². The summed E-state index contributed by atoms with van der Waals surface area (Å²) >= 11 is 0. The Morgan fingerprint density at radius 3 is 2.45 bits per heavy atom. The summed E-state index contributed by atoms with van der Waals surface area (Å²) in [5.74, 6) is 2.39. The number of amides is 1. The molecule has 2 aromatic rings. The molecule has 0 unspecified atom stereocenters. The van der Waals surface area contributed by atoms with Crippen LogP contribution in [0.5, 0.6) is 11.5 Å². The molecule has 2 aliphatic rings. The molecule has 4 rings (SSSR count). The highest BCUT2D eigenvalue weighted by Gasteiger charge is 2.40. The van der Waals surface area contributed by atoms with E-state index in [9.17, 15) is 4.79 Å². The molecule has 5 heteroatoms. The molecular formula is C24H30N2O3. The highest BCUT2D eigenvalue weighted by atomic mass is 16.5. The van der Waals surface area contributed by atoms with Gasteiger partial charge in [0.05, 0.1) is 13.7 Å². The van der Waals surface area contributed by atoms with Gasteiger partial charge in [0.25, 0.3) is 5.91 Å². The minimum absolute atomic E-state index is 0.128. The third kappa shape index (κ3) is 4.40. The monoisotopic (exact) mass is 394 g/mol. The van der Waals surface area contributed by atoms with Crippen LogP contribution in [0.1, 0.15) is 35.7 Å². The van der Waals surface area contributed by atoms with E-state index in [-0.39, 0.29) is 5.91 Å². The van der Waals surface area contributed by atoms with Crippen molar-refractivity contribution in [1.29, 1.82) is 0 Å². The quantitative estimate of drug-likeness (QED) is 0.747. The highest BCUT2D eigenvalue weighted by Crippen LogP contribution is 2.32. The van der Waals surface area contributed by atoms with Gasteiger partial charge in [-0.1, -0.05) is 12.1 Å². The lowest BCUT2D eigenvalue weighted by Crippen LogP contribution is -2.44. The Hall–Kier alpha value is -2.53. The summed E-state index contributed by atoms with van der Waals surface area (Å²) < 4.78 is 10.8. The Kier molecular flexibility index (Phi) is 6.05. The van der Waals surface area contributed by atoms with Crippen molar-refractivity contribution in [3.63, 3.8) is 0 Å². The Morgan fingerprint density at radius 2 is 1.76 bits per heavy atom. The molecule has 0 saturated carbocycles. The fourth-order valence-electron chi connectivity index (χ4n) is 4.64. The first-order valence-electron chi connectivity index (χ1n) is 10.6. The van der Waals surface area contributed by atoms with Gasteiger partial charge in [-0.15, -0.1) is 0 Å². The average molecular weight is 395 g/mol. The number of hydrogen-bond acceptors (Lipinski definition) is 4. The highest BCUT2D eigenvalue weighted by molar-refractivity contribution is 5.94. The van der Waals surface area contributed by atoms with Crippen molar-refractivity contribution in [3.8, 4) is 11.5 Å². The van der Waals surface area contributed by atoms with Crippen LogP contribution in [0.2, 0.25) is 0 Å². The molecule has 2 fully saturated rings. The zero-order chi connectivity index (χ0) is 20.2. The van der Waals surface area contributed by atoms with Gasteiger partial charge >= 0.3 is 0 Å². The molecule has 0 N–H and O–H groups in total. The molecule has 2 atom stereocenters. The molecule has 0 bridgehead atoms. The van der Waals surface area contributed by atoms with Gasteiger partial charge in [-0.25, -0.2) is 0 Å². The van der Waals surface area contributed by atoms with Crippen molar-refractivity contribution in [2.75, 3.05) is 33.4 Å². The number of fused-ring (bicyclic) bond motifs is 1. The smallest absolute Gasteiger partial charge is 0.253 e. The maximum absolute atomic E-state index is 13.0. The van der Waals surface area contributed by atoms with E-state index in [0.717, 1.165) is 43.2 Å². The SMILES string of the molecule is CCOc1ccc(CN2CCC[C@@H]3CN(C(=O)c4ccc(OC)cc4)C[C@@H]32)cc1. The normalized spacial score (nSPS) is 21.7. The van der Waals surface area contributed by atoms with Gasteiger partial charge in [-0.05, 0) is 74.2 Å². The molecule has 2 heterocycles. The minimum Gasteiger partial charge on any atom is -0.497 e. The van der Waals surface area contributed by atoms with Crippen LogP contribution in [0.25, 0.3) is 0 Å². The largest absolute Gasteiger partial charge is 0.497 e. The molecule has 2 aromatic carbocycles. The lowest BCUT2D eigenvalue weighted by Gasteiger charge is -2.36. The first-order valence-corrected chi connectivity index (χ1v) is 10.6. The molecule has 5 nitrogen and oxygen atoms in total. The van der Waals surface area contributed by atoms with Crippen LogP contribution in [-0.4, -0.2) is 55.1 Å². The number of rotatable bonds is 6. The van der Waals surface area contributed by atoms with E-state index in [2.05, 4.69) is 29.2 Å². The number of piperidine rings is 1. The third-order valence-corrected chi connectivity index (χ3v) is 6.14. The summed E-state index contributed by atoms with van der Waals surface area (Å²) in [5.41, 5.74) is 2.04. The third-order valence-electron chi connectivity index (χ3n) is 6.14. The first kappa shape index (κ1) is 19.8. The van der Waals surface area contributed by atoms with E-state index in [1.54, 1.807) is 7.11 Å². The number of nitrogens with zero attached hydrogens (tertiary/aromatic N) is 2. The second-order valence-corrected chi connectivity index (χ2v) is 7.96. The summed E-state index contributed by atoms with van der Waals surface area (Å²) in [7, 11) is 1.64. The van der Waals surface area contributed by atoms with Gasteiger partial charge in [-0.2, -0.15) is 0 Å². The number of hydrogen-bond donors (Lipinski definition) is 0. The summed E-state index contributed by atoms with van der Waals surface area (Å²) in [5, 5.41) is 0. The molecule has 0 radical (unpaired) electrons. The van der Waals surface area contributed by atoms with Crippen LogP contribution in [-0.2, 0) is 6.54 Å². The summed E-state index contributed by atoms with van der Waals surface area (Å²) in [6.07, 6.45) is 2.40. The summed E-state index contributed by atoms with van der Waals surface area (Å²) in [6.45, 7) is 6.38. The van der Waals surface area contributed by atoms with E-state index in [0.29, 0.717) is 18.6 Å². The Bertz CT molecular complexity index is 819. The topological polar surface area (TPSA) is 42.0 Å². The van der Waals surface area contributed by atoms with Crippen molar-refractivity contribution in [2.45, 2.75) is 32.4 Å². The van der Waals surface area contributed by atoms with Crippen LogP contribution >= 0.6 is 0 Å². The molecule has 2 saturated heterocycles. The summed E-state index contributed by atoms with van der Waals surface area (Å²) in [4.78, 5) is 17.6. The van der Waals surface area contributed by atoms with Crippen LogP contribution in [0.3, 0.4) is 0 Å². The number of methoxy groups -OCH3 is 1. The lowest BCUT2D eigenvalue weighted by molar-refractivity contribution is 0.0774. The average Bonchev–Trinajstić information content (AvgIpc) is 3.20. The van der Waals surface area contributed by atoms with Crippen molar-refractivity contribution >= 4 is 5.91 Å². The van der Waals surface area contributed by atoms with E-state index < -0.39 is 0 Å². The van der Waals surface area contributed by atoms with Crippen LogP contribution in [0, 0.1) is 5.92 Å². The molecule has 0 spiro atoms. The maximum Gasteiger partial charge on any atom is 0.253 e. The molecule has 0 aliphatic carbocycles. The Balaban J connectivity index is 1.41. The van der Waals surface area contributed by atoms with Crippen molar-refractivity contribution in [2.24, 2.45) is 5.92 Å². The van der Waals surface area contributed by atoms with Crippen LogP contribution in [0.15, 0.2) is 48.5 Å². The fraction of sp³-hybridized carbons (Fsp3) is 0.458. The molecule has 0 aromatic heterocycles.